The van der Waals surface area contributed by atoms with Gasteiger partial charge in [-0.05, 0) is 36.5 Å². The SMILES string of the molecule is CN(CCOCC1CC1)c1cc(Cl)ccc1CCl. The van der Waals surface area contributed by atoms with Crippen LogP contribution in [0.5, 0.6) is 0 Å². The minimum absolute atomic E-state index is 0.500. The highest BCUT2D eigenvalue weighted by Gasteiger charge is 2.21. The van der Waals surface area contributed by atoms with Crippen molar-refractivity contribution in [2.45, 2.75) is 18.7 Å². The highest BCUT2D eigenvalue weighted by Crippen LogP contribution is 2.29. The fourth-order valence-corrected chi connectivity index (χ4v) is 2.25. The minimum Gasteiger partial charge on any atom is -0.379 e. The number of nitrogens with zero attached hydrogens (tertiary/aromatic N) is 1. The van der Waals surface area contributed by atoms with E-state index in [2.05, 4.69) is 4.90 Å². The summed E-state index contributed by atoms with van der Waals surface area (Å²) in [4.78, 5) is 2.15. The zero-order valence-corrected chi connectivity index (χ0v) is 12.2. The summed E-state index contributed by atoms with van der Waals surface area (Å²) in [7, 11) is 2.04. The van der Waals surface area contributed by atoms with Crippen LogP contribution in [0.15, 0.2) is 18.2 Å². The molecule has 1 fully saturated rings. The second kappa shape index (κ2) is 6.65. The van der Waals surface area contributed by atoms with E-state index in [-0.39, 0.29) is 0 Å². The molecule has 1 aromatic rings. The Labute approximate surface area is 119 Å². The van der Waals surface area contributed by atoms with Crippen molar-refractivity contribution < 1.29 is 4.74 Å². The van der Waals surface area contributed by atoms with Crippen LogP contribution in [-0.4, -0.2) is 26.8 Å². The van der Waals surface area contributed by atoms with E-state index in [1.165, 1.54) is 12.8 Å². The lowest BCUT2D eigenvalue weighted by Crippen LogP contribution is -2.24. The normalized spacial score (nSPS) is 14.8. The molecule has 0 spiro atoms. The molecule has 2 nitrogen and oxygen atoms in total. The summed E-state index contributed by atoms with van der Waals surface area (Å²) in [5.74, 6) is 1.32. The van der Waals surface area contributed by atoms with Crippen molar-refractivity contribution >= 4 is 28.9 Å². The largest absolute Gasteiger partial charge is 0.379 e. The zero-order valence-electron chi connectivity index (χ0n) is 10.7. The molecule has 0 N–H and O–H groups in total. The molecule has 0 aromatic heterocycles. The molecular weight excluding hydrogens is 269 g/mol. The standard InChI is InChI=1S/C14H19Cl2NO/c1-17(6-7-18-10-11-2-3-11)14-8-13(16)5-4-12(14)9-15/h4-5,8,11H,2-3,6-7,9-10H2,1H3. The van der Waals surface area contributed by atoms with E-state index in [4.69, 9.17) is 27.9 Å². The summed E-state index contributed by atoms with van der Waals surface area (Å²) in [6, 6.07) is 5.81. The number of ether oxygens (including phenoxy) is 1. The first-order chi connectivity index (χ1) is 8.70. The maximum Gasteiger partial charge on any atom is 0.0641 e. The Balaban J connectivity index is 1.85. The van der Waals surface area contributed by atoms with E-state index in [0.717, 1.165) is 41.9 Å². The molecule has 0 amide bonds. The van der Waals surface area contributed by atoms with Crippen LogP contribution >= 0.6 is 23.2 Å². The molecule has 100 valence electrons. The smallest absolute Gasteiger partial charge is 0.0641 e. The van der Waals surface area contributed by atoms with E-state index in [1.807, 2.05) is 25.2 Å². The van der Waals surface area contributed by atoms with Gasteiger partial charge < -0.3 is 9.64 Å². The van der Waals surface area contributed by atoms with Crippen molar-refractivity contribution in [3.8, 4) is 0 Å². The third kappa shape index (κ3) is 4.04. The Morgan fingerprint density at radius 3 is 2.83 bits per heavy atom. The number of halogens is 2. The van der Waals surface area contributed by atoms with Crippen LogP contribution in [0.4, 0.5) is 5.69 Å². The molecule has 0 saturated heterocycles. The van der Waals surface area contributed by atoms with Crippen LogP contribution in [0.3, 0.4) is 0 Å². The van der Waals surface area contributed by atoms with Gasteiger partial charge in [-0.15, -0.1) is 11.6 Å². The summed E-state index contributed by atoms with van der Waals surface area (Å²) in [6.45, 7) is 2.52. The average molecular weight is 288 g/mol. The van der Waals surface area contributed by atoms with Crippen molar-refractivity contribution in [1.82, 2.24) is 0 Å². The summed E-state index contributed by atoms with van der Waals surface area (Å²) in [5, 5.41) is 0.740. The van der Waals surface area contributed by atoms with Crippen LogP contribution in [-0.2, 0) is 10.6 Å². The quantitative estimate of drug-likeness (QED) is 0.556. The van der Waals surface area contributed by atoms with E-state index in [0.29, 0.717) is 5.88 Å². The monoisotopic (exact) mass is 287 g/mol. The average Bonchev–Trinajstić information content (AvgIpc) is 3.18. The lowest BCUT2D eigenvalue weighted by Gasteiger charge is -2.22. The molecule has 1 aromatic carbocycles. The second-order valence-corrected chi connectivity index (χ2v) is 5.55. The van der Waals surface area contributed by atoms with Gasteiger partial charge in [0, 0.05) is 36.8 Å². The van der Waals surface area contributed by atoms with Gasteiger partial charge in [0.2, 0.25) is 0 Å². The first kappa shape index (κ1) is 14.0. The van der Waals surface area contributed by atoms with Crippen molar-refractivity contribution in [3.05, 3.63) is 28.8 Å². The third-order valence-electron chi connectivity index (χ3n) is 3.22. The molecule has 0 heterocycles. The van der Waals surface area contributed by atoms with Crippen molar-refractivity contribution in [2.75, 3.05) is 31.7 Å². The number of alkyl halides is 1. The highest BCUT2D eigenvalue weighted by atomic mass is 35.5. The Kier molecular flexibility index (Phi) is 5.16. The van der Waals surface area contributed by atoms with Crippen LogP contribution in [0.25, 0.3) is 0 Å². The lowest BCUT2D eigenvalue weighted by molar-refractivity contribution is 0.131. The minimum atomic E-state index is 0.500. The Hall–Kier alpha value is -0.440. The van der Waals surface area contributed by atoms with E-state index in [9.17, 15) is 0 Å². The second-order valence-electron chi connectivity index (χ2n) is 4.85. The van der Waals surface area contributed by atoms with Gasteiger partial charge in [-0.25, -0.2) is 0 Å². The van der Waals surface area contributed by atoms with Gasteiger partial charge in [-0.1, -0.05) is 17.7 Å². The number of likely N-dealkylation sites (N-methyl/N-ethyl adjacent to an activating group) is 1. The maximum atomic E-state index is 6.03. The van der Waals surface area contributed by atoms with Gasteiger partial charge in [0.25, 0.3) is 0 Å². The highest BCUT2D eigenvalue weighted by molar-refractivity contribution is 6.31. The molecule has 0 unspecified atom stereocenters. The maximum absolute atomic E-state index is 6.03. The van der Waals surface area contributed by atoms with Crippen LogP contribution in [0, 0.1) is 5.92 Å². The molecule has 0 atom stereocenters. The van der Waals surface area contributed by atoms with Crippen molar-refractivity contribution in [3.63, 3.8) is 0 Å². The van der Waals surface area contributed by atoms with Gasteiger partial charge in [-0.2, -0.15) is 0 Å². The summed E-state index contributed by atoms with van der Waals surface area (Å²) in [6.07, 6.45) is 2.67. The van der Waals surface area contributed by atoms with Gasteiger partial charge in [0.15, 0.2) is 0 Å². The fourth-order valence-electron chi connectivity index (χ4n) is 1.86. The number of rotatable bonds is 7. The number of benzene rings is 1. The molecule has 1 aliphatic carbocycles. The van der Waals surface area contributed by atoms with Crippen LogP contribution < -0.4 is 4.90 Å². The number of hydrogen-bond acceptors (Lipinski definition) is 2. The molecule has 0 aliphatic heterocycles. The molecule has 1 aliphatic rings. The third-order valence-corrected chi connectivity index (χ3v) is 3.75. The fraction of sp³-hybridized carbons (Fsp3) is 0.571. The van der Waals surface area contributed by atoms with E-state index in [1.54, 1.807) is 0 Å². The van der Waals surface area contributed by atoms with Gasteiger partial charge in [0.05, 0.1) is 6.61 Å². The molecule has 18 heavy (non-hydrogen) atoms. The number of anilines is 1. The van der Waals surface area contributed by atoms with Crippen molar-refractivity contribution in [2.24, 2.45) is 5.92 Å². The molecule has 4 heteroatoms. The molecular formula is C14H19Cl2NO. The first-order valence-electron chi connectivity index (χ1n) is 6.34. The van der Waals surface area contributed by atoms with Gasteiger partial charge in [0.1, 0.15) is 0 Å². The Bertz CT molecular complexity index is 393. The molecule has 0 bridgehead atoms. The predicted molar refractivity (Wildman–Crippen MR) is 77.8 cm³/mol. The molecule has 0 radical (unpaired) electrons. The Morgan fingerprint density at radius 1 is 1.39 bits per heavy atom. The predicted octanol–water partition coefficient (Wildman–Crippen LogP) is 3.94. The first-order valence-corrected chi connectivity index (χ1v) is 7.25. The molecule has 1 saturated carbocycles. The number of hydrogen-bond donors (Lipinski definition) is 0. The lowest BCUT2D eigenvalue weighted by atomic mass is 10.2. The van der Waals surface area contributed by atoms with Crippen LogP contribution in [0.1, 0.15) is 18.4 Å². The molecule has 2 rings (SSSR count). The van der Waals surface area contributed by atoms with Gasteiger partial charge in [-0.3, -0.25) is 0 Å². The topological polar surface area (TPSA) is 12.5 Å². The summed E-state index contributed by atoms with van der Waals surface area (Å²) >= 11 is 12.0. The van der Waals surface area contributed by atoms with Crippen molar-refractivity contribution in [1.29, 1.82) is 0 Å². The van der Waals surface area contributed by atoms with E-state index < -0.39 is 0 Å². The van der Waals surface area contributed by atoms with Crippen LogP contribution in [0.2, 0.25) is 5.02 Å². The van der Waals surface area contributed by atoms with Gasteiger partial charge >= 0.3 is 0 Å². The summed E-state index contributed by atoms with van der Waals surface area (Å²) in [5.41, 5.74) is 2.19. The summed E-state index contributed by atoms with van der Waals surface area (Å²) < 4.78 is 5.65. The zero-order chi connectivity index (χ0) is 13.0. The van der Waals surface area contributed by atoms with E-state index >= 15 is 0 Å². The Morgan fingerprint density at radius 2 is 2.17 bits per heavy atom.